The van der Waals surface area contributed by atoms with Crippen LogP contribution in [0.5, 0.6) is 0 Å². The summed E-state index contributed by atoms with van der Waals surface area (Å²) in [7, 11) is 3.89. The number of pyridine rings is 1. The average molecular weight is 646 g/mol. The second kappa shape index (κ2) is 13.5. The molecule has 0 aliphatic heterocycles. The molecule has 0 amide bonds. The van der Waals surface area contributed by atoms with Crippen LogP contribution in [0.15, 0.2) is 83.2 Å². The number of anilines is 4. The van der Waals surface area contributed by atoms with Gasteiger partial charge in [-0.25, -0.2) is 4.98 Å². The lowest BCUT2D eigenvalue weighted by Crippen LogP contribution is -2.28. The fraction of sp³-hybridized carbons (Fsp3) is 0.226. The van der Waals surface area contributed by atoms with Crippen molar-refractivity contribution in [3.63, 3.8) is 0 Å². The summed E-state index contributed by atoms with van der Waals surface area (Å²) in [5.74, 6) is 0.672. The Morgan fingerprint density at radius 1 is 0.778 bits per heavy atom. The van der Waals surface area contributed by atoms with Crippen LogP contribution in [0.3, 0.4) is 0 Å². The van der Waals surface area contributed by atoms with Crippen LogP contribution in [0.2, 0.25) is 0 Å². The molecule has 0 radical (unpaired) electrons. The fourth-order valence-corrected chi connectivity index (χ4v) is 4.26. The Morgan fingerprint density at radius 2 is 1.38 bits per heavy atom. The number of aromatic nitrogens is 1. The standard InChI is InChI=1S/C31H29F6N7S/c1-18-5-7-20(17-39-29(45)41-24-13-21(30(32,33)34)12-22(14-24)31(35,36)37)11-26(18)42-43-27-15-23(8-6-19(27)2)40-28-16-25(44(3)4)9-10-38-28/h5-16H,17H2,1-4H3,(H,38,40)(H2,39,41,45). The third kappa shape index (κ3) is 9.14. The van der Waals surface area contributed by atoms with Crippen LogP contribution in [-0.4, -0.2) is 24.2 Å². The van der Waals surface area contributed by atoms with Crippen molar-refractivity contribution in [3.05, 3.63) is 101 Å². The molecule has 236 valence electrons. The molecule has 0 spiro atoms. The second-order valence-electron chi connectivity index (χ2n) is 10.3. The summed E-state index contributed by atoms with van der Waals surface area (Å²) < 4.78 is 79.1. The van der Waals surface area contributed by atoms with E-state index in [1.165, 1.54) is 0 Å². The van der Waals surface area contributed by atoms with Crippen molar-refractivity contribution >= 4 is 51.6 Å². The summed E-state index contributed by atoms with van der Waals surface area (Å²) in [5.41, 5.74) is 2.09. The number of benzene rings is 3. The lowest BCUT2D eigenvalue weighted by Gasteiger charge is -2.16. The molecule has 4 rings (SSSR count). The van der Waals surface area contributed by atoms with Crippen molar-refractivity contribution < 1.29 is 26.3 Å². The maximum atomic E-state index is 13.2. The minimum absolute atomic E-state index is 0.0552. The molecule has 45 heavy (non-hydrogen) atoms. The average Bonchev–Trinajstić information content (AvgIpc) is 2.96. The van der Waals surface area contributed by atoms with Gasteiger partial charge < -0.3 is 20.9 Å². The lowest BCUT2D eigenvalue weighted by atomic mass is 10.1. The third-order valence-electron chi connectivity index (χ3n) is 6.58. The molecule has 0 saturated heterocycles. The molecule has 3 aromatic carbocycles. The van der Waals surface area contributed by atoms with Gasteiger partial charge >= 0.3 is 12.4 Å². The quantitative estimate of drug-likeness (QED) is 0.101. The molecule has 1 heterocycles. The number of rotatable bonds is 8. The normalized spacial score (nSPS) is 11.9. The van der Waals surface area contributed by atoms with E-state index in [2.05, 4.69) is 31.2 Å². The number of azo groups is 1. The number of halogens is 6. The molecule has 0 unspecified atom stereocenters. The van der Waals surface area contributed by atoms with E-state index in [1.807, 2.05) is 69.2 Å². The topological polar surface area (TPSA) is 76.9 Å². The highest BCUT2D eigenvalue weighted by molar-refractivity contribution is 7.80. The van der Waals surface area contributed by atoms with E-state index in [0.717, 1.165) is 22.5 Å². The third-order valence-corrected chi connectivity index (χ3v) is 6.83. The van der Waals surface area contributed by atoms with E-state index in [4.69, 9.17) is 12.2 Å². The zero-order valence-corrected chi connectivity index (χ0v) is 25.4. The van der Waals surface area contributed by atoms with Crippen molar-refractivity contribution in [2.75, 3.05) is 29.6 Å². The number of nitrogens with one attached hydrogen (secondary N) is 3. The SMILES string of the molecule is Cc1ccc(CNC(=S)Nc2cc(C(F)(F)F)cc(C(F)(F)F)c2)cc1N=Nc1cc(Nc2cc(N(C)C)ccn2)ccc1C. The number of thiocarbonyl (C=S) groups is 1. The summed E-state index contributed by atoms with van der Waals surface area (Å²) in [6.07, 6.45) is -8.22. The minimum Gasteiger partial charge on any atom is -0.378 e. The second-order valence-corrected chi connectivity index (χ2v) is 10.8. The predicted octanol–water partition coefficient (Wildman–Crippen LogP) is 9.45. The lowest BCUT2D eigenvalue weighted by molar-refractivity contribution is -0.143. The van der Waals surface area contributed by atoms with E-state index in [-0.39, 0.29) is 17.7 Å². The van der Waals surface area contributed by atoms with Crippen LogP contribution < -0.4 is 20.9 Å². The highest BCUT2D eigenvalue weighted by atomic mass is 32.1. The number of aryl methyl sites for hydroxylation is 2. The van der Waals surface area contributed by atoms with Crippen molar-refractivity contribution in [2.45, 2.75) is 32.7 Å². The van der Waals surface area contributed by atoms with E-state index < -0.39 is 29.2 Å². The summed E-state index contributed by atoms with van der Waals surface area (Å²) in [6, 6.07) is 16.1. The molecule has 0 aliphatic rings. The zero-order chi connectivity index (χ0) is 32.9. The van der Waals surface area contributed by atoms with Crippen molar-refractivity contribution in [3.8, 4) is 0 Å². The summed E-state index contributed by atoms with van der Waals surface area (Å²) in [5, 5.41) is 17.2. The smallest absolute Gasteiger partial charge is 0.378 e. The molecular weight excluding hydrogens is 616 g/mol. The zero-order valence-electron chi connectivity index (χ0n) is 24.6. The summed E-state index contributed by atoms with van der Waals surface area (Å²) in [6.45, 7) is 3.89. The molecule has 0 aliphatic carbocycles. The first kappa shape index (κ1) is 33.2. The van der Waals surface area contributed by atoms with Gasteiger partial charge in [-0.3, -0.25) is 0 Å². The highest BCUT2D eigenvalue weighted by Crippen LogP contribution is 2.37. The molecule has 0 saturated carbocycles. The van der Waals surface area contributed by atoms with E-state index in [1.54, 1.807) is 18.3 Å². The Kier molecular flexibility index (Phi) is 9.96. The fourth-order valence-electron chi connectivity index (χ4n) is 4.07. The van der Waals surface area contributed by atoms with E-state index in [9.17, 15) is 26.3 Å². The predicted molar refractivity (Wildman–Crippen MR) is 168 cm³/mol. The Balaban J connectivity index is 1.45. The first-order chi connectivity index (χ1) is 21.1. The minimum atomic E-state index is -4.97. The maximum absolute atomic E-state index is 13.2. The molecule has 14 heteroatoms. The molecule has 7 nitrogen and oxygen atoms in total. The molecule has 4 aromatic rings. The highest BCUT2D eigenvalue weighted by Gasteiger charge is 2.37. The van der Waals surface area contributed by atoms with Crippen LogP contribution in [0.4, 0.5) is 60.6 Å². The van der Waals surface area contributed by atoms with Crippen molar-refractivity contribution in [1.29, 1.82) is 0 Å². The van der Waals surface area contributed by atoms with Crippen LogP contribution in [0, 0.1) is 13.8 Å². The molecular formula is C31H29F6N7S. The Bertz CT molecular complexity index is 1690. The van der Waals surface area contributed by atoms with E-state index in [0.29, 0.717) is 34.9 Å². The Hall–Kier alpha value is -4.72. The van der Waals surface area contributed by atoms with Crippen LogP contribution in [0.25, 0.3) is 0 Å². The Labute approximate surface area is 261 Å². The van der Waals surface area contributed by atoms with Crippen molar-refractivity contribution in [2.24, 2.45) is 10.2 Å². The van der Waals surface area contributed by atoms with Crippen LogP contribution in [-0.2, 0) is 18.9 Å². The van der Waals surface area contributed by atoms with Gasteiger partial charge in [0.25, 0.3) is 0 Å². The number of alkyl halides is 6. The molecule has 3 N–H and O–H groups in total. The van der Waals surface area contributed by atoms with Gasteiger partial charge in [0.2, 0.25) is 0 Å². The van der Waals surface area contributed by atoms with Gasteiger partial charge in [-0.2, -0.15) is 36.6 Å². The number of hydrogen-bond acceptors (Lipinski definition) is 6. The summed E-state index contributed by atoms with van der Waals surface area (Å²) >= 11 is 5.14. The van der Waals surface area contributed by atoms with Gasteiger partial charge in [0, 0.05) is 50.0 Å². The first-order valence-corrected chi connectivity index (χ1v) is 13.9. The molecule has 0 fully saturated rings. The van der Waals surface area contributed by atoms with Gasteiger partial charge in [0.1, 0.15) is 5.82 Å². The largest absolute Gasteiger partial charge is 0.416 e. The molecule has 1 aromatic heterocycles. The molecule has 0 bridgehead atoms. The Morgan fingerprint density at radius 3 is 1.98 bits per heavy atom. The monoisotopic (exact) mass is 645 g/mol. The molecule has 0 atom stereocenters. The maximum Gasteiger partial charge on any atom is 0.416 e. The van der Waals surface area contributed by atoms with Gasteiger partial charge in [-0.1, -0.05) is 18.2 Å². The van der Waals surface area contributed by atoms with Crippen molar-refractivity contribution in [1.82, 2.24) is 10.3 Å². The van der Waals surface area contributed by atoms with E-state index >= 15 is 0 Å². The van der Waals surface area contributed by atoms with Gasteiger partial charge in [-0.05, 0) is 85.2 Å². The van der Waals surface area contributed by atoms with Crippen LogP contribution >= 0.6 is 12.2 Å². The number of hydrogen-bond donors (Lipinski definition) is 3. The van der Waals surface area contributed by atoms with Gasteiger partial charge in [0.05, 0.1) is 22.5 Å². The van der Waals surface area contributed by atoms with Gasteiger partial charge in [-0.15, -0.1) is 0 Å². The first-order valence-electron chi connectivity index (χ1n) is 13.4. The van der Waals surface area contributed by atoms with Crippen LogP contribution in [0.1, 0.15) is 27.8 Å². The van der Waals surface area contributed by atoms with Gasteiger partial charge in [0.15, 0.2) is 5.11 Å². The number of nitrogens with zero attached hydrogens (tertiary/aromatic N) is 4. The summed E-state index contributed by atoms with van der Waals surface area (Å²) in [4.78, 5) is 6.34.